The van der Waals surface area contributed by atoms with Gasteiger partial charge in [0, 0.05) is 23.3 Å². The van der Waals surface area contributed by atoms with Crippen molar-refractivity contribution in [2.45, 2.75) is 46.7 Å². The number of nitrogens with one attached hydrogen (secondary N) is 2. The van der Waals surface area contributed by atoms with Gasteiger partial charge in [-0.25, -0.2) is 0 Å². The van der Waals surface area contributed by atoms with E-state index in [9.17, 15) is 4.79 Å². The van der Waals surface area contributed by atoms with E-state index in [-0.39, 0.29) is 24.6 Å². The summed E-state index contributed by atoms with van der Waals surface area (Å²) in [7, 11) is 0. The van der Waals surface area contributed by atoms with Crippen molar-refractivity contribution in [1.29, 1.82) is 0 Å². The molecule has 1 amide bonds. The van der Waals surface area contributed by atoms with Gasteiger partial charge in [-0.15, -0.1) is 0 Å². The van der Waals surface area contributed by atoms with Crippen LogP contribution in [-0.2, 0) is 0 Å². The monoisotopic (exact) mass is 305 g/mol. The fourth-order valence-electron chi connectivity index (χ4n) is 2.45. The molecule has 0 fully saturated rings. The Hall–Kier alpha value is -2.15. The average Bonchev–Trinajstić information content (AvgIpc) is 3.03. The molecule has 0 saturated heterocycles. The number of hydrogen-bond donors (Lipinski definition) is 3. The molecular weight excluding hydrogens is 282 g/mol. The number of amides is 1. The third kappa shape index (κ3) is 3.04. The molecule has 2 aromatic heterocycles. The number of aromatic amines is 1. The lowest BCUT2D eigenvalue weighted by Gasteiger charge is -2.08. The summed E-state index contributed by atoms with van der Waals surface area (Å²) in [5.41, 5.74) is 3.91. The van der Waals surface area contributed by atoms with Crippen LogP contribution in [0, 0.1) is 13.8 Å². The van der Waals surface area contributed by atoms with Gasteiger partial charge in [-0.05, 0) is 40.7 Å². The van der Waals surface area contributed by atoms with Crippen molar-refractivity contribution >= 4 is 5.91 Å². The number of aliphatic hydroxyl groups is 1. The lowest BCUT2D eigenvalue weighted by Crippen LogP contribution is -2.35. The lowest BCUT2D eigenvalue weighted by atomic mass is 10.1. The van der Waals surface area contributed by atoms with Crippen LogP contribution in [0.2, 0.25) is 0 Å². The molecular formula is C15H23N5O2. The van der Waals surface area contributed by atoms with Crippen LogP contribution in [0.25, 0.3) is 11.3 Å². The first kappa shape index (κ1) is 16.2. The van der Waals surface area contributed by atoms with Crippen molar-refractivity contribution < 1.29 is 9.90 Å². The fourth-order valence-corrected chi connectivity index (χ4v) is 2.45. The van der Waals surface area contributed by atoms with Crippen molar-refractivity contribution in [2.24, 2.45) is 0 Å². The Bertz CT molecular complexity index is 672. The molecule has 0 spiro atoms. The molecule has 0 bridgehead atoms. The molecule has 0 saturated carbocycles. The molecule has 1 atom stereocenters. The SMILES string of the molecule is Cc1nn(C(C)C)c(C)c1-c1cc(C(=O)N[C@H](C)CO)[nH]n1. The van der Waals surface area contributed by atoms with Crippen LogP contribution in [0.3, 0.4) is 0 Å². The summed E-state index contributed by atoms with van der Waals surface area (Å²) in [6, 6.07) is 1.67. The van der Waals surface area contributed by atoms with Crippen molar-refractivity contribution in [1.82, 2.24) is 25.3 Å². The van der Waals surface area contributed by atoms with Gasteiger partial charge in [0.15, 0.2) is 0 Å². The Morgan fingerprint density at radius 3 is 2.64 bits per heavy atom. The summed E-state index contributed by atoms with van der Waals surface area (Å²) in [5.74, 6) is -0.285. The van der Waals surface area contributed by atoms with Crippen LogP contribution in [0.4, 0.5) is 0 Å². The Kier molecular flexibility index (Phi) is 4.65. The quantitative estimate of drug-likeness (QED) is 0.781. The number of aromatic nitrogens is 4. The van der Waals surface area contributed by atoms with Crippen LogP contribution >= 0.6 is 0 Å². The summed E-state index contributed by atoms with van der Waals surface area (Å²) >= 11 is 0. The number of aliphatic hydroxyl groups excluding tert-OH is 1. The predicted molar refractivity (Wildman–Crippen MR) is 83.7 cm³/mol. The van der Waals surface area contributed by atoms with Gasteiger partial charge in [-0.2, -0.15) is 10.2 Å². The zero-order chi connectivity index (χ0) is 16.4. The van der Waals surface area contributed by atoms with Gasteiger partial charge in [0.25, 0.3) is 5.91 Å². The molecule has 22 heavy (non-hydrogen) atoms. The number of aryl methyl sites for hydroxylation is 1. The fraction of sp³-hybridized carbons (Fsp3) is 0.533. The second-order valence-electron chi connectivity index (χ2n) is 5.81. The molecule has 0 aromatic carbocycles. The molecule has 0 radical (unpaired) electrons. The Morgan fingerprint density at radius 1 is 1.41 bits per heavy atom. The first-order chi connectivity index (χ1) is 10.3. The number of hydrogen-bond acceptors (Lipinski definition) is 4. The molecule has 2 heterocycles. The molecule has 0 aliphatic heterocycles. The number of carbonyl (C=O) groups is 1. The Labute approximate surface area is 129 Å². The van der Waals surface area contributed by atoms with E-state index in [1.807, 2.05) is 18.5 Å². The Balaban J connectivity index is 2.31. The molecule has 0 aliphatic carbocycles. The second-order valence-corrected chi connectivity index (χ2v) is 5.81. The molecule has 120 valence electrons. The number of carbonyl (C=O) groups excluding carboxylic acids is 1. The number of rotatable bonds is 5. The zero-order valence-electron chi connectivity index (χ0n) is 13.6. The molecule has 2 rings (SSSR count). The average molecular weight is 305 g/mol. The molecule has 0 aliphatic rings. The standard InChI is InChI=1S/C15H23N5O2/c1-8(2)20-11(5)14(10(4)19-20)12-6-13(18-17-12)15(22)16-9(3)7-21/h6,8-9,21H,7H2,1-5H3,(H,16,22)(H,17,18)/t9-/m1/s1. The predicted octanol–water partition coefficient (Wildman–Crippen LogP) is 1.58. The highest BCUT2D eigenvalue weighted by molar-refractivity contribution is 5.93. The summed E-state index contributed by atoms with van der Waals surface area (Å²) in [6.45, 7) is 9.70. The topological polar surface area (TPSA) is 95.8 Å². The van der Waals surface area contributed by atoms with Crippen LogP contribution in [0.1, 0.15) is 48.7 Å². The normalized spacial score (nSPS) is 12.7. The third-order valence-electron chi connectivity index (χ3n) is 3.54. The van der Waals surface area contributed by atoms with Crippen LogP contribution < -0.4 is 5.32 Å². The zero-order valence-corrected chi connectivity index (χ0v) is 13.6. The van der Waals surface area contributed by atoms with Gasteiger partial charge in [0.1, 0.15) is 5.69 Å². The van der Waals surface area contributed by atoms with E-state index >= 15 is 0 Å². The first-order valence-electron chi connectivity index (χ1n) is 7.38. The van der Waals surface area contributed by atoms with Crippen LogP contribution in [0.15, 0.2) is 6.07 Å². The van der Waals surface area contributed by atoms with Gasteiger partial charge < -0.3 is 10.4 Å². The van der Waals surface area contributed by atoms with Crippen molar-refractivity contribution in [3.05, 3.63) is 23.1 Å². The van der Waals surface area contributed by atoms with E-state index < -0.39 is 0 Å². The molecule has 7 nitrogen and oxygen atoms in total. The second kappa shape index (κ2) is 6.31. The van der Waals surface area contributed by atoms with Gasteiger partial charge in [-0.3, -0.25) is 14.6 Å². The van der Waals surface area contributed by atoms with Crippen molar-refractivity contribution in [3.8, 4) is 11.3 Å². The minimum absolute atomic E-state index is 0.105. The molecule has 7 heteroatoms. The van der Waals surface area contributed by atoms with Gasteiger partial charge in [0.2, 0.25) is 0 Å². The van der Waals surface area contributed by atoms with Gasteiger partial charge >= 0.3 is 0 Å². The molecule has 0 unspecified atom stereocenters. The minimum atomic E-state index is -0.300. The van der Waals surface area contributed by atoms with E-state index in [1.54, 1.807) is 13.0 Å². The van der Waals surface area contributed by atoms with E-state index in [2.05, 4.69) is 34.5 Å². The lowest BCUT2D eigenvalue weighted by molar-refractivity contribution is 0.0917. The van der Waals surface area contributed by atoms with E-state index in [0.29, 0.717) is 11.4 Å². The first-order valence-corrected chi connectivity index (χ1v) is 7.38. The summed E-state index contributed by atoms with van der Waals surface area (Å²) in [6.07, 6.45) is 0. The van der Waals surface area contributed by atoms with E-state index in [0.717, 1.165) is 17.0 Å². The highest BCUT2D eigenvalue weighted by Crippen LogP contribution is 2.27. The number of H-pyrrole nitrogens is 1. The van der Waals surface area contributed by atoms with Gasteiger partial charge in [0.05, 0.1) is 18.0 Å². The maximum Gasteiger partial charge on any atom is 0.269 e. The summed E-state index contributed by atoms with van der Waals surface area (Å²) in [4.78, 5) is 12.0. The van der Waals surface area contributed by atoms with Crippen LogP contribution in [-0.4, -0.2) is 43.6 Å². The van der Waals surface area contributed by atoms with E-state index in [4.69, 9.17) is 5.11 Å². The summed E-state index contributed by atoms with van der Waals surface area (Å²) in [5, 5.41) is 23.2. The maximum atomic E-state index is 12.0. The molecule has 2 aromatic rings. The summed E-state index contributed by atoms with van der Waals surface area (Å²) < 4.78 is 1.95. The minimum Gasteiger partial charge on any atom is -0.394 e. The number of nitrogens with zero attached hydrogens (tertiary/aromatic N) is 3. The highest BCUT2D eigenvalue weighted by Gasteiger charge is 2.19. The Morgan fingerprint density at radius 2 is 2.09 bits per heavy atom. The van der Waals surface area contributed by atoms with Gasteiger partial charge in [-0.1, -0.05) is 0 Å². The van der Waals surface area contributed by atoms with E-state index in [1.165, 1.54) is 0 Å². The van der Waals surface area contributed by atoms with Crippen molar-refractivity contribution in [2.75, 3.05) is 6.61 Å². The highest BCUT2D eigenvalue weighted by atomic mass is 16.3. The smallest absolute Gasteiger partial charge is 0.269 e. The largest absolute Gasteiger partial charge is 0.394 e. The molecule has 3 N–H and O–H groups in total. The maximum absolute atomic E-state index is 12.0. The third-order valence-corrected chi connectivity index (χ3v) is 3.54. The van der Waals surface area contributed by atoms with Crippen LogP contribution in [0.5, 0.6) is 0 Å². The van der Waals surface area contributed by atoms with Crippen molar-refractivity contribution in [3.63, 3.8) is 0 Å².